The smallest absolute Gasteiger partial charge is 0.282 e. The summed E-state index contributed by atoms with van der Waals surface area (Å²) in [4.78, 5) is 22.9. The summed E-state index contributed by atoms with van der Waals surface area (Å²) in [6, 6.07) is 13.6. The lowest BCUT2D eigenvalue weighted by Crippen LogP contribution is -2.16. The van der Waals surface area contributed by atoms with Crippen molar-refractivity contribution in [1.82, 2.24) is 9.78 Å². The first-order chi connectivity index (χ1) is 9.20. The lowest BCUT2D eigenvalue weighted by Gasteiger charge is -2.03. The Labute approximate surface area is 109 Å². The second kappa shape index (κ2) is 4.24. The Morgan fingerprint density at radius 1 is 1.11 bits per heavy atom. The van der Waals surface area contributed by atoms with Crippen LogP contribution in [0.2, 0.25) is 0 Å². The number of carbonyl (C=O) groups is 1. The molecule has 0 atom stereocenters. The maximum absolute atomic E-state index is 12.1. The van der Waals surface area contributed by atoms with E-state index >= 15 is 0 Å². The van der Waals surface area contributed by atoms with Crippen molar-refractivity contribution in [1.29, 1.82) is 0 Å². The number of nitrogens with one attached hydrogen (secondary N) is 1. The van der Waals surface area contributed by atoms with Gasteiger partial charge in [0.1, 0.15) is 5.56 Å². The first kappa shape index (κ1) is 11.5. The molecule has 0 spiro atoms. The van der Waals surface area contributed by atoms with Gasteiger partial charge in [0.05, 0.1) is 5.69 Å². The van der Waals surface area contributed by atoms with Crippen LogP contribution in [-0.4, -0.2) is 16.1 Å². The molecule has 0 unspecified atom stereocenters. The minimum atomic E-state index is -0.317. The molecule has 1 N–H and O–H groups in total. The van der Waals surface area contributed by atoms with Crippen molar-refractivity contribution in [2.75, 3.05) is 0 Å². The van der Waals surface area contributed by atoms with Crippen LogP contribution >= 0.6 is 0 Å². The summed E-state index contributed by atoms with van der Waals surface area (Å²) < 4.78 is 1.39. The van der Waals surface area contributed by atoms with Gasteiger partial charge in [0.15, 0.2) is 6.29 Å². The molecule has 4 heteroatoms. The Morgan fingerprint density at radius 2 is 1.84 bits per heavy atom. The molecule has 0 saturated heterocycles. The first-order valence-corrected chi connectivity index (χ1v) is 5.96. The fraction of sp³-hybridized carbons (Fsp3) is 0.0667. The molecule has 4 nitrogen and oxygen atoms in total. The van der Waals surface area contributed by atoms with E-state index in [9.17, 15) is 9.59 Å². The number of benzene rings is 2. The third kappa shape index (κ3) is 1.78. The van der Waals surface area contributed by atoms with Gasteiger partial charge in [0, 0.05) is 5.69 Å². The Morgan fingerprint density at radius 3 is 2.53 bits per heavy atom. The third-order valence-electron chi connectivity index (χ3n) is 3.23. The summed E-state index contributed by atoms with van der Waals surface area (Å²) in [5.74, 6) is 0. The van der Waals surface area contributed by atoms with Gasteiger partial charge in [-0.1, -0.05) is 30.3 Å². The van der Waals surface area contributed by atoms with E-state index in [0.717, 1.165) is 16.5 Å². The van der Waals surface area contributed by atoms with E-state index in [2.05, 4.69) is 5.10 Å². The highest BCUT2D eigenvalue weighted by molar-refractivity contribution is 5.84. The molecule has 0 saturated carbocycles. The zero-order chi connectivity index (χ0) is 13.4. The van der Waals surface area contributed by atoms with Crippen LogP contribution in [0.5, 0.6) is 0 Å². The summed E-state index contributed by atoms with van der Waals surface area (Å²) in [5.41, 5.74) is 1.16. The quantitative estimate of drug-likeness (QED) is 0.712. The zero-order valence-corrected chi connectivity index (χ0v) is 10.4. The van der Waals surface area contributed by atoms with Gasteiger partial charge in [-0.25, -0.2) is 4.68 Å². The van der Waals surface area contributed by atoms with E-state index in [4.69, 9.17) is 0 Å². The van der Waals surface area contributed by atoms with Gasteiger partial charge < -0.3 is 0 Å². The molecule has 2 aromatic carbocycles. The average Bonchev–Trinajstić information content (AvgIpc) is 2.73. The van der Waals surface area contributed by atoms with Crippen LogP contribution in [0.1, 0.15) is 16.1 Å². The van der Waals surface area contributed by atoms with Gasteiger partial charge in [-0.3, -0.25) is 14.7 Å². The molecule has 0 amide bonds. The van der Waals surface area contributed by atoms with E-state index in [1.165, 1.54) is 4.68 Å². The van der Waals surface area contributed by atoms with Crippen LogP contribution in [0.25, 0.3) is 16.5 Å². The summed E-state index contributed by atoms with van der Waals surface area (Å²) in [6.07, 6.45) is 0.589. The minimum Gasteiger partial charge on any atom is -0.298 e. The van der Waals surface area contributed by atoms with Gasteiger partial charge in [-0.15, -0.1) is 0 Å². The van der Waals surface area contributed by atoms with Crippen molar-refractivity contribution in [3.63, 3.8) is 0 Å². The molecule has 19 heavy (non-hydrogen) atoms. The van der Waals surface area contributed by atoms with Crippen LogP contribution in [0.15, 0.2) is 47.3 Å². The number of fused-ring (bicyclic) bond motifs is 1. The number of hydrogen-bond acceptors (Lipinski definition) is 2. The number of aromatic amines is 1. The standard InChI is InChI=1S/C15H12N2O2/c1-10-14(9-18)15(19)17(16-10)13-7-6-11-4-2-3-5-12(11)8-13/h2-9,16H,1H3. The van der Waals surface area contributed by atoms with Gasteiger partial charge in [0.25, 0.3) is 5.56 Å². The number of hydrogen-bond donors (Lipinski definition) is 1. The largest absolute Gasteiger partial charge is 0.298 e. The summed E-state index contributed by atoms with van der Waals surface area (Å²) in [7, 11) is 0. The van der Waals surface area contributed by atoms with Crippen LogP contribution in [0, 0.1) is 6.92 Å². The molecule has 0 fully saturated rings. The van der Waals surface area contributed by atoms with Crippen LogP contribution in [-0.2, 0) is 0 Å². The Bertz CT molecular complexity index is 828. The zero-order valence-electron chi connectivity index (χ0n) is 10.4. The van der Waals surface area contributed by atoms with Gasteiger partial charge >= 0.3 is 0 Å². The highest BCUT2D eigenvalue weighted by Crippen LogP contribution is 2.17. The Balaban J connectivity index is 2.25. The predicted octanol–water partition coefficient (Wildman–Crippen LogP) is 2.44. The third-order valence-corrected chi connectivity index (χ3v) is 3.23. The van der Waals surface area contributed by atoms with Crippen LogP contribution in [0.3, 0.4) is 0 Å². The highest BCUT2D eigenvalue weighted by Gasteiger charge is 2.11. The van der Waals surface area contributed by atoms with E-state index in [1.54, 1.807) is 6.92 Å². The lowest BCUT2D eigenvalue weighted by molar-refractivity contribution is 0.112. The number of H-pyrrole nitrogens is 1. The van der Waals surface area contributed by atoms with Crippen molar-refractivity contribution in [3.8, 4) is 5.69 Å². The minimum absolute atomic E-state index is 0.174. The van der Waals surface area contributed by atoms with E-state index in [0.29, 0.717) is 12.0 Å². The molecule has 3 rings (SSSR count). The van der Waals surface area contributed by atoms with Crippen molar-refractivity contribution in [3.05, 3.63) is 64.1 Å². The van der Waals surface area contributed by atoms with Gasteiger partial charge in [0.2, 0.25) is 0 Å². The topological polar surface area (TPSA) is 54.9 Å². The maximum Gasteiger partial charge on any atom is 0.282 e. The Kier molecular flexibility index (Phi) is 2.56. The number of carbonyl (C=O) groups excluding carboxylic acids is 1. The Hall–Kier alpha value is -2.62. The second-order valence-corrected chi connectivity index (χ2v) is 4.44. The highest BCUT2D eigenvalue weighted by atomic mass is 16.1. The van der Waals surface area contributed by atoms with Crippen molar-refractivity contribution in [2.45, 2.75) is 6.92 Å². The monoisotopic (exact) mass is 252 g/mol. The van der Waals surface area contributed by atoms with Crippen molar-refractivity contribution in [2.24, 2.45) is 0 Å². The summed E-state index contributed by atoms with van der Waals surface area (Å²) >= 11 is 0. The number of aldehydes is 1. The molecular formula is C15H12N2O2. The SMILES string of the molecule is Cc1[nH]n(-c2ccc3ccccc3c2)c(=O)c1C=O. The van der Waals surface area contributed by atoms with Crippen LogP contribution < -0.4 is 5.56 Å². The molecular weight excluding hydrogens is 240 g/mol. The normalized spacial score (nSPS) is 10.8. The second-order valence-electron chi connectivity index (χ2n) is 4.44. The number of rotatable bonds is 2. The van der Waals surface area contributed by atoms with Gasteiger partial charge in [-0.2, -0.15) is 0 Å². The molecule has 1 aromatic heterocycles. The predicted molar refractivity (Wildman–Crippen MR) is 74.0 cm³/mol. The molecule has 3 aromatic rings. The molecule has 0 radical (unpaired) electrons. The number of aryl methyl sites for hydroxylation is 1. The molecule has 0 aliphatic rings. The fourth-order valence-electron chi connectivity index (χ4n) is 2.20. The number of nitrogens with zero attached hydrogens (tertiary/aromatic N) is 1. The van der Waals surface area contributed by atoms with Crippen molar-refractivity contribution >= 4 is 17.1 Å². The van der Waals surface area contributed by atoms with E-state index in [1.807, 2.05) is 42.5 Å². The summed E-state index contributed by atoms with van der Waals surface area (Å²) in [5, 5.41) is 5.08. The van der Waals surface area contributed by atoms with Gasteiger partial charge in [-0.05, 0) is 29.8 Å². The molecule has 0 aliphatic carbocycles. The molecule has 0 aliphatic heterocycles. The number of aromatic nitrogens is 2. The molecule has 0 bridgehead atoms. The van der Waals surface area contributed by atoms with E-state index in [-0.39, 0.29) is 11.1 Å². The first-order valence-electron chi connectivity index (χ1n) is 5.96. The summed E-state index contributed by atoms with van der Waals surface area (Å²) in [6.45, 7) is 1.71. The fourth-order valence-corrected chi connectivity index (χ4v) is 2.20. The lowest BCUT2D eigenvalue weighted by atomic mass is 10.1. The van der Waals surface area contributed by atoms with Crippen LogP contribution in [0.4, 0.5) is 0 Å². The molecule has 94 valence electrons. The maximum atomic E-state index is 12.1. The van der Waals surface area contributed by atoms with E-state index < -0.39 is 0 Å². The molecule has 1 heterocycles. The van der Waals surface area contributed by atoms with Crippen molar-refractivity contribution < 1.29 is 4.79 Å². The average molecular weight is 252 g/mol.